The minimum absolute atomic E-state index is 0.241. The molecule has 0 fully saturated rings. The Kier molecular flexibility index (Phi) is 7.00. The molecule has 0 saturated heterocycles. The van der Waals surface area contributed by atoms with Crippen molar-refractivity contribution in [1.82, 2.24) is 15.1 Å². The summed E-state index contributed by atoms with van der Waals surface area (Å²) in [4.78, 5) is 0. The molecule has 1 heterocycles. The molecule has 24 heavy (non-hydrogen) atoms. The number of nitrogens with zero attached hydrogens (tertiary/aromatic N) is 2. The normalized spacial score (nSPS) is 14.3. The Labute approximate surface area is 145 Å². The minimum Gasteiger partial charge on any atom is -0.390 e. The number of hydrogen-bond acceptors (Lipinski definition) is 3. The maximum atomic E-state index is 10.2. The van der Waals surface area contributed by atoms with Gasteiger partial charge in [-0.05, 0) is 35.4 Å². The van der Waals surface area contributed by atoms with Crippen molar-refractivity contribution in [2.45, 2.75) is 52.8 Å². The zero-order valence-electron chi connectivity index (χ0n) is 15.3. The monoisotopic (exact) mass is 329 g/mol. The van der Waals surface area contributed by atoms with E-state index in [4.69, 9.17) is 0 Å². The van der Waals surface area contributed by atoms with E-state index in [0.717, 1.165) is 6.42 Å². The Hall–Kier alpha value is -1.65. The first-order valence-corrected chi connectivity index (χ1v) is 8.93. The second kappa shape index (κ2) is 9.00. The highest BCUT2D eigenvalue weighted by Crippen LogP contribution is 2.22. The quantitative estimate of drug-likeness (QED) is 0.741. The van der Waals surface area contributed by atoms with Crippen LogP contribution in [-0.2, 0) is 13.0 Å². The van der Waals surface area contributed by atoms with E-state index in [9.17, 15) is 5.11 Å². The van der Waals surface area contributed by atoms with Gasteiger partial charge >= 0.3 is 0 Å². The van der Waals surface area contributed by atoms with E-state index in [2.05, 4.69) is 62.4 Å². The van der Waals surface area contributed by atoms with Crippen molar-refractivity contribution in [1.29, 1.82) is 0 Å². The van der Waals surface area contributed by atoms with Crippen LogP contribution in [0.1, 0.15) is 44.9 Å². The van der Waals surface area contributed by atoms with E-state index in [1.165, 1.54) is 11.1 Å². The van der Waals surface area contributed by atoms with E-state index in [0.29, 0.717) is 24.9 Å². The molecule has 1 aromatic heterocycles. The van der Waals surface area contributed by atoms with Gasteiger partial charge in [-0.15, -0.1) is 0 Å². The number of benzene rings is 1. The third kappa shape index (κ3) is 5.77. The van der Waals surface area contributed by atoms with Crippen LogP contribution >= 0.6 is 0 Å². The van der Waals surface area contributed by atoms with Gasteiger partial charge in [-0.1, -0.05) is 52.0 Å². The lowest BCUT2D eigenvalue weighted by Gasteiger charge is -2.25. The summed E-state index contributed by atoms with van der Waals surface area (Å²) in [5.74, 6) is 1.13. The number of nitrogens with one attached hydrogen (secondary N) is 1. The molecule has 132 valence electrons. The Morgan fingerprint density at radius 2 is 1.83 bits per heavy atom. The lowest BCUT2D eigenvalue weighted by molar-refractivity contribution is 0.139. The first-order valence-electron chi connectivity index (χ1n) is 8.93. The largest absolute Gasteiger partial charge is 0.390 e. The molecule has 0 aliphatic carbocycles. The Balaban J connectivity index is 1.93. The van der Waals surface area contributed by atoms with Crippen molar-refractivity contribution in [2.24, 2.45) is 11.8 Å². The van der Waals surface area contributed by atoms with Crippen LogP contribution in [0.2, 0.25) is 0 Å². The molecule has 2 rings (SSSR count). The second-order valence-corrected chi connectivity index (χ2v) is 7.35. The summed E-state index contributed by atoms with van der Waals surface area (Å²) in [5, 5.41) is 17.9. The molecule has 0 aliphatic rings. The van der Waals surface area contributed by atoms with Crippen LogP contribution in [0.5, 0.6) is 0 Å². The number of hydrogen-bond donors (Lipinski definition) is 2. The van der Waals surface area contributed by atoms with Gasteiger partial charge in [0, 0.05) is 25.0 Å². The number of aliphatic hydroxyl groups excluding tert-OH is 1. The molecule has 0 spiro atoms. The lowest BCUT2D eigenvalue weighted by Crippen LogP contribution is -2.35. The summed E-state index contributed by atoms with van der Waals surface area (Å²) in [7, 11) is 0. The van der Waals surface area contributed by atoms with Crippen LogP contribution in [0, 0.1) is 11.8 Å². The van der Waals surface area contributed by atoms with Crippen LogP contribution in [0.15, 0.2) is 42.7 Å². The third-order valence-corrected chi connectivity index (χ3v) is 4.18. The summed E-state index contributed by atoms with van der Waals surface area (Å²) in [5.41, 5.74) is 2.67. The van der Waals surface area contributed by atoms with E-state index in [1.807, 2.05) is 12.3 Å². The van der Waals surface area contributed by atoms with Crippen molar-refractivity contribution in [3.63, 3.8) is 0 Å². The fraction of sp³-hybridized carbons (Fsp3) is 0.550. The Morgan fingerprint density at radius 3 is 2.38 bits per heavy atom. The van der Waals surface area contributed by atoms with Gasteiger partial charge in [0.1, 0.15) is 0 Å². The van der Waals surface area contributed by atoms with Crippen LogP contribution in [0.25, 0.3) is 0 Å². The minimum atomic E-state index is -0.452. The fourth-order valence-electron chi connectivity index (χ4n) is 3.02. The van der Waals surface area contributed by atoms with Gasteiger partial charge in [0.2, 0.25) is 0 Å². The van der Waals surface area contributed by atoms with Crippen LogP contribution in [0.4, 0.5) is 0 Å². The van der Waals surface area contributed by atoms with Gasteiger partial charge < -0.3 is 10.4 Å². The predicted octanol–water partition coefficient (Wildman–Crippen LogP) is 3.43. The van der Waals surface area contributed by atoms with E-state index >= 15 is 0 Å². The molecule has 2 N–H and O–H groups in total. The molecule has 0 bridgehead atoms. The SMILES string of the molecule is CC(C)Cc1ccc(C(NCC(O)Cn2cccn2)C(C)C)cc1. The van der Waals surface area contributed by atoms with Crippen molar-refractivity contribution in [2.75, 3.05) is 6.54 Å². The third-order valence-electron chi connectivity index (χ3n) is 4.18. The summed E-state index contributed by atoms with van der Waals surface area (Å²) in [6, 6.07) is 11.0. The number of rotatable bonds is 9. The molecular formula is C20H31N3O. The first-order chi connectivity index (χ1) is 11.5. The average molecular weight is 329 g/mol. The molecule has 4 nitrogen and oxygen atoms in total. The van der Waals surface area contributed by atoms with Crippen molar-refractivity contribution >= 4 is 0 Å². The zero-order valence-corrected chi connectivity index (χ0v) is 15.3. The zero-order chi connectivity index (χ0) is 17.5. The first kappa shape index (κ1) is 18.7. The fourth-order valence-corrected chi connectivity index (χ4v) is 3.02. The maximum absolute atomic E-state index is 10.2. The molecule has 0 aliphatic heterocycles. The molecule has 2 aromatic rings. The molecule has 1 aromatic carbocycles. The molecule has 0 amide bonds. The number of aliphatic hydroxyl groups is 1. The summed E-state index contributed by atoms with van der Waals surface area (Å²) in [6.45, 7) is 9.97. The van der Waals surface area contributed by atoms with Crippen molar-refractivity contribution < 1.29 is 5.11 Å². The van der Waals surface area contributed by atoms with Crippen molar-refractivity contribution in [3.8, 4) is 0 Å². The summed E-state index contributed by atoms with van der Waals surface area (Å²) < 4.78 is 1.76. The van der Waals surface area contributed by atoms with E-state index < -0.39 is 6.10 Å². The highest BCUT2D eigenvalue weighted by Gasteiger charge is 2.17. The van der Waals surface area contributed by atoms with Crippen LogP contribution < -0.4 is 5.32 Å². The average Bonchev–Trinajstić information content (AvgIpc) is 3.01. The molecule has 0 radical (unpaired) electrons. The van der Waals surface area contributed by atoms with Gasteiger partial charge in [0.05, 0.1) is 12.6 Å². The van der Waals surface area contributed by atoms with Crippen molar-refractivity contribution in [3.05, 3.63) is 53.9 Å². The van der Waals surface area contributed by atoms with E-state index in [-0.39, 0.29) is 6.04 Å². The molecule has 2 unspecified atom stereocenters. The Bertz CT molecular complexity index is 575. The molecule has 0 saturated carbocycles. The molecular weight excluding hydrogens is 298 g/mol. The number of aromatic nitrogens is 2. The van der Waals surface area contributed by atoms with Gasteiger partial charge in [0.15, 0.2) is 0 Å². The molecule has 2 atom stereocenters. The van der Waals surface area contributed by atoms with Gasteiger partial charge in [-0.25, -0.2) is 0 Å². The van der Waals surface area contributed by atoms with Crippen LogP contribution in [0.3, 0.4) is 0 Å². The topological polar surface area (TPSA) is 50.1 Å². The lowest BCUT2D eigenvalue weighted by atomic mass is 9.93. The van der Waals surface area contributed by atoms with E-state index in [1.54, 1.807) is 10.9 Å². The molecule has 4 heteroatoms. The smallest absolute Gasteiger partial charge is 0.0860 e. The highest BCUT2D eigenvalue weighted by molar-refractivity contribution is 5.25. The summed E-state index contributed by atoms with van der Waals surface area (Å²) in [6.07, 6.45) is 4.26. The second-order valence-electron chi connectivity index (χ2n) is 7.35. The highest BCUT2D eigenvalue weighted by atomic mass is 16.3. The van der Waals surface area contributed by atoms with Gasteiger partial charge in [-0.3, -0.25) is 4.68 Å². The van der Waals surface area contributed by atoms with Gasteiger partial charge in [0.25, 0.3) is 0 Å². The Morgan fingerprint density at radius 1 is 1.12 bits per heavy atom. The predicted molar refractivity (Wildman–Crippen MR) is 98.8 cm³/mol. The maximum Gasteiger partial charge on any atom is 0.0860 e. The summed E-state index contributed by atoms with van der Waals surface area (Å²) >= 11 is 0. The standard InChI is InChI=1S/C20H31N3O/c1-15(2)12-17-6-8-18(9-7-17)20(16(3)4)21-13-19(24)14-23-11-5-10-22-23/h5-11,15-16,19-21,24H,12-14H2,1-4H3. The van der Waals surface area contributed by atoms with Gasteiger partial charge in [-0.2, -0.15) is 5.10 Å². The van der Waals surface area contributed by atoms with Crippen LogP contribution in [-0.4, -0.2) is 27.5 Å².